The first-order valence-corrected chi connectivity index (χ1v) is 16.0. The molecule has 0 saturated carbocycles. The summed E-state index contributed by atoms with van der Waals surface area (Å²) in [6.07, 6.45) is 2.82. The number of nitrogens with one attached hydrogen (secondary N) is 3. The molecule has 1 aliphatic heterocycles. The van der Waals surface area contributed by atoms with Crippen molar-refractivity contribution < 1.29 is 19.5 Å². The van der Waals surface area contributed by atoms with Crippen LogP contribution in [-0.2, 0) is 17.6 Å². The third kappa shape index (κ3) is 5.59. The fraction of sp³-hybridized carbons (Fsp3) is 0.229. The van der Waals surface area contributed by atoms with Gasteiger partial charge in [-0.2, -0.15) is 26.1 Å². The average molecular weight is 673 g/mol. The molecule has 1 amide bonds. The molecule has 3 aromatic carbocycles. The zero-order valence-corrected chi connectivity index (χ0v) is 27.7. The van der Waals surface area contributed by atoms with Gasteiger partial charge >= 0.3 is 0 Å². The molecule has 1 atom stereocenters. The summed E-state index contributed by atoms with van der Waals surface area (Å²) in [4.78, 5) is 50.4. The molecule has 46 heavy (non-hydrogen) atoms. The predicted octanol–water partition coefficient (Wildman–Crippen LogP) is 7.10. The summed E-state index contributed by atoms with van der Waals surface area (Å²) in [5.41, 5.74) is 7.56. The van der Waals surface area contributed by atoms with Crippen molar-refractivity contribution in [3.63, 3.8) is 0 Å². The van der Waals surface area contributed by atoms with E-state index >= 15 is 0 Å². The molecule has 4 heterocycles. The Morgan fingerprint density at radius 2 is 1.61 bits per heavy atom. The summed E-state index contributed by atoms with van der Waals surface area (Å²) >= 11 is 10.5. The number of ketones is 2. The van der Waals surface area contributed by atoms with Crippen molar-refractivity contribution in [3.05, 3.63) is 94.4 Å². The molecular formula is C35H33ClN4O4S2. The van der Waals surface area contributed by atoms with Gasteiger partial charge in [0.2, 0.25) is 0 Å². The summed E-state index contributed by atoms with van der Waals surface area (Å²) in [7, 11) is 0. The maximum absolute atomic E-state index is 13.8. The number of carbonyl (C=O) groups is 3. The number of phenols is 1. The number of benzene rings is 3. The number of carbonyl (C=O) groups excluding carboxylic acids is 3. The molecule has 0 fully saturated rings. The van der Waals surface area contributed by atoms with Crippen LogP contribution < -0.4 is 4.90 Å². The first-order valence-electron chi connectivity index (χ1n) is 14.8. The Labute approximate surface area is 282 Å². The third-order valence-electron chi connectivity index (χ3n) is 8.74. The van der Waals surface area contributed by atoms with Crippen LogP contribution in [-0.4, -0.2) is 55.7 Å². The van der Waals surface area contributed by atoms with Crippen LogP contribution in [0, 0.1) is 6.92 Å². The molecule has 6 aromatic rings. The second-order valence-corrected chi connectivity index (χ2v) is 12.6. The number of hydrogen-bond acceptors (Lipinski definition) is 5. The number of nitrogens with zero attached hydrogens (tertiary/aromatic N) is 1. The molecule has 0 radical (unpaired) electrons. The monoisotopic (exact) mass is 672 g/mol. The van der Waals surface area contributed by atoms with E-state index in [0.717, 1.165) is 49.4 Å². The van der Waals surface area contributed by atoms with Gasteiger partial charge < -0.3 is 25.0 Å². The number of phenolic OH excluding ortho intramolecular Hbond substituents is 1. The topological polar surface area (TPSA) is 122 Å². The number of H-pyrrole nitrogens is 3. The van der Waals surface area contributed by atoms with Gasteiger partial charge in [0, 0.05) is 77.1 Å². The molecule has 4 N–H and O–H groups in total. The second kappa shape index (κ2) is 12.6. The normalized spacial score (nSPS) is 14.2. The van der Waals surface area contributed by atoms with Gasteiger partial charge in [-0.3, -0.25) is 14.4 Å². The van der Waals surface area contributed by atoms with E-state index in [1.165, 1.54) is 0 Å². The number of aromatic hydroxyl groups is 1. The highest BCUT2D eigenvalue weighted by Gasteiger charge is 2.36. The molecule has 8 nitrogen and oxygen atoms in total. The molecular weight excluding hydrogens is 640 g/mol. The summed E-state index contributed by atoms with van der Waals surface area (Å²) in [6, 6.07) is 16.7. The SMILES string of the molecule is Cc1c[nH]c2c(O)cc3c(c12)C(CCl)CN3C(=O)c1cc2cc(CC(=O)c3cc4cc(CC(=O)CCS)ccc4[nH]3)ccc2[nH]1.S. The Bertz CT molecular complexity index is 2160. The number of aryl methyl sites for hydroxylation is 1. The number of anilines is 1. The zero-order chi connectivity index (χ0) is 31.4. The van der Waals surface area contributed by atoms with Gasteiger partial charge in [-0.25, -0.2) is 0 Å². The van der Waals surface area contributed by atoms with Crippen molar-refractivity contribution >= 4 is 93.6 Å². The van der Waals surface area contributed by atoms with E-state index in [-0.39, 0.29) is 49.1 Å². The van der Waals surface area contributed by atoms with E-state index < -0.39 is 0 Å². The van der Waals surface area contributed by atoms with E-state index in [2.05, 4.69) is 27.6 Å². The van der Waals surface area contributed by atoms with Gasteiger partial charge in [-0.05, 0) is 71.3 Å². The highest BCUT2D eigenvalue weighted by Crippen LogP contribution is 2.46. The number of aromatic amines is 3. The lowest BCUT2D eigenvalue weighted by Gasteiger charge is -2.17. The largest absolute Gasteiger partial charge is 0.506 e. The fourth-order valence-corrected chi connectivity index (χ4v) is 7.06. The molecule has 0 spiro atoms. The van der Waals surface area contributed by atoms with E-state index in [0.29, 0.717) is 53.6 Å². The lowest BCUT2D eigenvalue weighted by Crippen LogP contribution is -2.30. The zero-order valence-electron chi connectivity index (χ0n) is 25.0. The first-order chi connectivity index (χ1) is 21.7. The van der Waals surface area contributed by atoms with Gasteiger partial charge in [0.1, 0.15) is 17.2 Å². The number of halogens is 1. The second-order valence-electron chi connectivity index (χ2n) is 11.8. The molecule has 1 aliphatic rings. The van der Waals surface area contributed by atoms with E-state index in [1.54, 1.807) is 17.0 Å². The quantitative estimate of drug-likeness (QED) is 0.0639. The van der Waals surface area contributed by atoms with E-state index in [4.69, 9.17) is 11.6 Å². The Morgan fingerprint density at radius 1 is 0.957 bits per heavy atom. The minimum absolute atomic E-state index is 0. The number of fused-ring (bicyclic) bond motifs is 5. The van der Waals surface area contributed by atoms with Gasteiger partial charge in [-0.1, -0.05) is 12.1 Å². The molecule has 0 bridgehead atoms. The molecule has 11 heteroatoms. The summed E-state index contributed by atoms with van der Waals surface area (Å²) in [5, 5.41) is 13.3. The maximum atomic E-state index is 13.8. The van der Waals surface area contributed by atoms with Crippen LogP contribution >= 0.6 is 37.7 Å². The maximum Gasteiger partial charge on any atom is 0.274 e. The molecule has 7 rings (SSSR count). The Hall–Kier alpha value is -4.12. The van der Waals surface area contributed by atoms with Crippen molar-refractivity contribution in [3.8, 4) is 5.75 Å². The lowest BCUT2D eigenvalue weighted by molar-refractivity contribution is -0.118. The highest BCUT2D eigenvalue weighted by atomic mass is 35.5. The Morgan fingerprint density at radius 3 is 2.28 bits per heavy atom. The van der Waals surface area contributed by atoms with Gasteiger partial charge in [-0.15, -0.1) is 11.6 Å². The average Bonchev–Trinajstić information content (AvgIpc) is 3.80. The Kier molecular flexibility index (Phi) is 8.71. The number of amides is 1. The first kappa shape index (κ1) is 31.8. The van der Waals surface area contributed by atoms with Crippen molar-refractivity contribution in [1.29, 1.82) is 0 Å². The lowest BCUT2D eigenvalue weighted by atomic mass is 9.97. The fourth-order valence-electron chi connectivity index (χ4n) is 6.56. The minimum atomic E-state index is -0.214. The van der Waals surface area contributed by atoms with Gasteiger partial charge in [0.05, 0.1) is 16.9 Å². The van der Waals surface area contributed by atoms with Gasteiger partial charge in [0.25, 0.3) is 5.91 Å². The summed E-state index contributed by atoms with van der Waals surface area (Å²) in [6.45, 7) is 2.38. The van der Waals surface area contributed by atoms with Gasteiger partial charge in [0.15, 0.2) is 5.78 Å². The predicted molar refractivity (Wildman–Crippen MR) is 192 cm³/mol. The molecule has 3 aromatic heterocycles. The van der Waals surface area contributed by atoms with Crippen LogP contribution in [0.3, 0.4) is 0 Å². The van der Waals surface area contributed by atoms with Crippen LogP contribution in [0.1, 0.15) is 55.6 Å². The number of Topliss-reactive ketones (excluding diaryl/α,β-unsaturated/α-hetero) is 2. The van der Waals surface area contributed by atoms with Crippen LogP contribution in [0.5, 0.6) is 5.75 Å². The summed E-state index contributed by atoms with van der Waals surface area (Å²) in [5.74, 6) is 0.761. The van der Waals surface area contributed by atoms with Crippen LogP contribution in [0.4, 0.5) is 5.69 Å². The van der Waals surface area contributed by atoms with Crippen LogP contribution in [0.15, 0.2) is 60.8 Å². The molecule has 0 aliphatic carbocycles. The number of thiol groups is 1. The van der Waals surface area contributed by atoms with Crippen LogP contribution in [0.25, 0.3) is 32.7 Å². The summed E-state index contributed by atoms with van der Waals surface area (Å²) < 4.78 is 0. The smallest absolute Gasteiger partial charge is 0.274 e. The standard InChI is InChI=1S/C35H31ClN4O4S.H2S/c1-18-16-37-34-31(43)14-29-33(32(18)34)23(15-36)17-40(29)35(44)28-13-22-9-20(3-5-26(22)39-28)11-30(42)27-12-21-8-19(2-4-25(21)38-27)10-24(41)6-7-45;/h2-5,8-9,12-14,16,23,37-39,43,45H,6-7,10-11,15,17H2,1H3;1H2. The van der Waals surface area contributed by atoms with Crippen molar-refractivity contribution in [1.82, 2.24) is 15.0 Å². The number of hydrogen-bond donors (Lipinski definition) is 5. The third-order valence-corrected chi connectivity index (χ3v) is 9.34. The van der Waals surface area contributed by atoms with Crippen LogP contribution in [0.2, 0.25) is 0 Å². The number of rotatable bonds is 9. The number of aromatic nitrogens is 3. The van der Waals surface area contributed by atoms with E-state index in [1.807, 2.05) is 55.6 Å². The Balaban J connectivity index is 0.00000372. The molecule has 0 saturated heterocycles. The highest BCUT2D eigenvalue weighted by molar-refractivity contribution is 7.80. The van der Waals surface area contributed by atoms with E-state index in [9.17, 15) is 19.5 Å². The van der Waals surface area contributed by atoms with Crippen molar-refractivity contribution in [2.75, 3.05) is 23.1 Å². The molecule has 1 unspecified atom stereocenters. The molecule has 236 valence electrons. The minimum Gasteiger partial charge on any atom is -0.506 e. The number of alkyl halides is 1. The van der Waals surface area contributed by atoms with Crippen molar-refractivity contribution in [2.45, 2.75) is 32.1 Å². The van der Waals surface area contributed by atoms with Crippen molar-refractivity contribution in [2.24, 2.45) is 0 Å².